The fraction of sp³-hybridized carbons (Fsp3) is 0.286. The lowest BCUT2D eigenvalue weighted by atomic mass is 10.2. The second kappa shape index (κ2) is 7.45. The zero-order chi connectivity index (χ0) is 15.1. The van der Waals surface area contributed by atoms with Gasteiger partial charge in [0.2, 0.25) is 5.91 Å². The molecule has 21 heavy (non-hydrogen) atoms. The molecule has 2 aromatic rings. The Bertz CT molecular complexity index is 661. The van der Waals surface area contributed by atoms with Gasteiger partial charge in [0.25, 0.3) is 0 Å². The van der Waals surface area contributed by atoms with Gasteiger partial charge in [-0.2, -0.15) is 10.4 Å². The van der Waals surface area contributed by atoms with Crippen molar-refractivity contribution in [1.29, 1.82) is 5.26 Å². The summed E-state index contributed by atoms with van der Waals surface area (Å²) in [5, 5.41) is 16.4. The Hall–Kier alpha value is -2.33. The summed E-state index contributed by atoms with van der Waals surface area (Å²) >= 11 is 1.57. The summed E-state index contributed by atoms with van der Waals surface area (Å²) in [6.07, 6.45) is 2.69. The maximum absolute atomic E-state index is 11.8. The number of nitriles is 1. The summed E-state index contributed by atoms with van der Waals surface area (Å²) in [5.41, 5.74) is 1.19. The van der Waals surface area contributed by atoms with E-state index < -0.39 is 0 Å². The number of rotatable bonds is 6. The highest BCUT2D eigenvalue weighted by atomic mass is 32.2. The Morgan fingerprint density at radius 1 is 1.52 bits per heavy atom. The average Bonchev–Trinajstić information content (AvgIpc) is 2.89. The maximum atomic E-state index is 11.8. The number of carbonyl (C=O) groups is 1. The van der Waals surface area contributed by atoms with Crippen LogP contribution in [-0.4, -0.2) is 26.4 Å². The Balaban J connectivity index is 1.72. The maximum Gasteiger partial charge on any atom is 0.224 e. The van der Waals surface area contributed by atoms with Gasteiger partial charge in [0, 0.05) is 24.9 Å². The number of benzene rings is 1. The minimum atomic E-state index is -0.0522. The monoisotopic (exact) mass is 301 g/mol. The number of nitrogens with one attached hydrogen (secondary N) is 1. The van der Waals surface area contributed by atoms with Crippen LogP contribution in [0.15, 0.2) is 35.7 Å². The van der Waals surface area contributed by atoms with Gasteiger partial charge in [-0.15, -0.1) is 0 Å². The van der Waals surface area contributed by atoms with E-state index in [-0.39, 0.29) is 5.91 Å². The van der Waals surface area contributed by atoms with Crippen molar-refractivity contribution in [3.63, 3.8) is 0 Å². The molecular weight excluding hydrogens is 286 g/mol. The van der Waals surface area contributed by atoms with E-state index in [0.717, 1.165) is 17.3 Å². The molecule has 0 aliphatic carbocycles. The number of anilines is 1. The number of aromatic nitrogens is 3. The minimum Gasteiger partial charge on any atom is -0.326 e. The van der Waals surface area contributed by atoms with E-state index in [0.29, 0.717) is 17.7 Å². The molecule has 1 aromatic heterocycles. The zero-order valence-corrected chi connectivity index (χ0v) is 12.4. The van der Waals surface area contributed by atoms with Crippen molar-refractivity contribution >= 4 is 23.4 Å². The molecular formula is C14H15N5OS. The van der Waals surface area contributed by atoms with Crippen LogP contribution in [0.5, 0.6) is 0 Å². The summed E-state index contributed by atoms with van der Waals surface area (Å²) in [5.74, 6) is 0.752. The van der Waals surface area contributed by atoms with E-state index in [9.17, 15) is 4.79 Å². The fourth-order valence-electron chi connectivity index (χ4n) is 1.70. The van der Waals surface area contributed by atoms with E-state index >= 15 is 0 Å². The molecule has 1 heterocycles. The number of carbonyl (C=O) groups excluding carboxylic acids is 1. The number of hydrogen-bond acceptors (Lipinski definition) is 5. The summed E-state index contributed by atoms with van der Waals surface area (Å²) in [7, 11) is 1.84. The summed E-state index contributed by atoms with van der Waals surface area (Å²) < 4.78 is 1.71. The second-order valence-corrected chi connectivity index (χ2v) is 5.42. The summed E-state index contributed by atoms with van der Waals surface area (Å²) in [4.78, 5) is 15.9. The molecule has 0 spiro atoms. The lowest BCUT2D eigenvalue weighted by Crippen LogP contribution is -2.11. The lowest BCUT2D eigenvalue weighted by Gasteiger charge is -2.05. The third kappa shape index (κ3) is 4.61. The SMILES string of the molecule is Cn1ncnc1SCCCC(=O)Nc1cccc(C#N)c1. The molecule has 0 aliphatic rings. The minimum absolute atomic E-state index is 0.0522. The van der Waals surface area contributed by atoms with Crippen LogP contribution in [0.3, 0.4) is 0 Å². The van der Waals surface area contributed by atoms with Gasteiger partial charge in [-0.3, -0.25) is 4.79 Å². The quantitative estimate of drug-likeness (QED) is 0.653. The van der Waals surface area contributed by atoms with Crippen molar-refractivity contribution in [3.05, 3.63) is 36.2 Å². The van der Waals surface area contributed by atoms with Crippen LogP contribution in [0.2, 0.25) is 0 Å². The van der Waals surface area contributed by atoms with E-state index in [1.54, 1.807) is 40.7 Å². The predicted molar refractivity (Wildman–Crippen MR) is 80.7 cm³/mol. The van der Waals surface area contributed by atoms with Crippen LogP contribution in [0, 0.1) is 11.3 Å². The first kappa shape index (κ1) is 15.1. The van der Waals surface area contributed by atoms with Gasteiger partial charge in [-0.05, 0) is 24.6 Å². The molecule has 1 amide bonds. The topological polar surface area (TPSA) is 83.6 Å². The molecule has 0 aliphatic heterocycles. The third-order valence-electron chi connectivity index (χ3n) is 2.72. The highest BCUT2D eigenvalue weighted by Crippen LogP contribution is 2.15. The molecule has 1 aromatic carbocycles. The fourth-order valence-corrected chi connectivity index (χ4v) is 2.53. The van der Waals surface area contributed by atoms with E-state index in [2.05, 4.69) is 15.4 Å². The van der Waals surface area contributed by atoms with Crippen LogP contribution >= 0.6 is 11.8 Å². The molecule has 0 fully saturated rings. The number of aryl methyl sites for hydroxylation is 1. The van der Waals surface area contributed by atoms with Crippen LogP contribution in [0.25, 0.3) is 0 Å². The molecule has 0 bridgehead atoms. The Labute approximate surface area is 127 Å². The number of nitrogens with zero attached hydrogens (tertiary/aromatic N) is 4. The van der Waals surface area contributed by atoms with E-state index in [1.807, 2.05) is 13.1 Å². The molecule has 0 unspecified atom stereocenters. The van der Waals surface area contributed by atoms with Crippen molar-refractivity contribution in [1.82, 2.24) is 14.8 Å². The van der Waals surface area contributed by atoms with Crippen LogP contribution < -0.4 is 5.32 Å². The van der Waals surface area contributed by atoms with Crippen LogP contribution in [-0.2, 0) is 11.8 Å². The molecule has 0 atom stereocenters. The van der Waals surface area contributed by atoms with Crippen molar-refractivity contribution in [2.45, 2.75) is 18.0 Å². The zero-order valence-electron chi connectivity index (χ0n) is 11.6. The van der Waals surface area contributed by atoms with E-state index in [1.165, 1.54) is 6.33 Å². The van der Waals surface area contributed by atoms with Gasteiger partial charge in [0.15, 0.2) is 5.16 Å². The second-order valence-electron chi connectivity index (χ2n) is 4.36. The predicted octanol–water partition coefficient (Wildman–Crippen LogP) is 2.20. The highest BCUT2D eigenvalue weighted by Gasteiger charge is 2.05. The Kier molecular flexibility index (Phi) is 5.35. The third-order valence-corrected chi connectivity index (χ3v) is 3.85. The van der Waals surface area contributed by atoms with Gasteiger partial charge < -0.3 is 5.32 Å². The molecule has 7 heteroatoms. The van der Waals surface area contributed by atoms with Crippen molar-refractivity contribution in [2.24, 2.45) is 7.05 Å². The van der Waals surface area contributed by atoms with Crippen molar-refractivity contribution in [2.75, 3.05) is 11.1 Å². The van der Waals surface area contributed by atoms with Crippen molar-refractivity contribution in [3.8, 4) is 6.07 Å². The lowest BCUT2D eigenvalue weighted by molar-refractivity contribution is -0.116. The summed E-state index contributed by atoms with van der Waals surface area (Å²) in [6, 6.07) is 8.92. The van der Waals surface area contributed by atoms with E-state index in [4.69, 9.17) is 5.26 Å². The molecule has 0 saturated carbocycles. The Morgan fingerprint density at radius 2 is 2.38 bits per heavy atom. The highest BCUT2D eigenvalue weighted by molar-refractivity contribution is 7.99. The molecule has 0 radical (unpaired) electrons. The molecule has 6 nitrogen and oxygen atoms in total. The standard InChI is InChI=1S/C14H15N5OS/c1-19-14(16-10-17-19)21-7-3-6-13(20)18-12-5-2-4-11(8-12)9-15/h2,4-5,8,10H,3,6-7H2,1H3,(H,18,20). The molecule has 0 saturated heterocycles. The number of hydrogen-bond donors (Lipinski definition) is 1. The Morgan fingerprint density at radius 3 is 3.10 bits per heavy atom. The number of thioether (sulfide) groups is 1. The summed E-state index contributed by atoms with van der Waals surface area (Å²) in [6.45, 7) is 0. The van der Waals surface area contributed by atoms with Gasteiger partial charge in [0.1, 0.15) is 6.33 Å². The normalized spacial score (nSPS) is 10.1. The van der Waals surface area contributed by atoms with Gasteiger partial charge >= 0.3 is 0 Å². The van der Waals surface area contributed by atoms with Gasteiger partial charge in [-0.1, -0.05) is 17.8 Å². The smallest absolute Gasteiger partial charge is 0.224 e. The van der Waals surface area contributed by atoms with Crippen LogP contribution in [0.4, 0.5) is 5.69 Å². The first-order valence-corrected chi connectivity index (χ1v) is 7.44. The average molecular weight is 301 g/mol. The van der Waals surface area contributed by atoms with Crippen LogP contribution in [0.1, 0.15) is 18.4 Å². The molecule has 108 valence electrons. The number of amides is 1. The van der Waals surface area contributed by atoms with Gasteiger partial charge in [0.05, 0.1) is 11.6 Å². The molecule has 2 rings (SSSR count). The molecule has 1 N–H and O–H groups in total. The van der Waals surface area contributed by atoms with Crippen molar-refractivity contribution < 1.29 is 4.79 Å². The van der Waals surface area contributed by atoms with Gasteiger partial charge in [-0.25, -0.2) is 9.67 Å². The first-order valence-electron chi connectivity index (χ1n) is 6.46. The largest absolute Gasteiger partial charge is 0.326 e. The first-order chi connectivity index (χ1) is 10.2.